The normalized spacial score (nSPS) is 31.4. The first-order chi connectivity index (χ1) is 5.70. The summed E-state index contributed by atoms with van der Waals surface area (Å²) in [6, 6.07) is 2.43. The van der Waals surface area contributed by atoms with E-state index in [9.17, 15) is 0 Å². The summed E-state index contributed by atoms with van der Waals surface area (Å²) in [4.78, 5) is 2.41. The van der Waals surface area contributed by atoms with Crippen LogP contribution in [0.2, 0.25) is 0 Å². The van der Waals surface area contributed by atoms with Gasteiger partial charge in [-0.2, -0.15) is 5.26 Å². The van der Waals surface area contributed by atoms with Crippen molar-refractivity contribution < 1.29 is 0 Å². The average molecular weight is 166 g/mol. The van der Waals surface area contributed by atoms with Crippen molar-refractivity contribution in [1.82, 2.24) is 4.90 Å². The molecule has 0 N–H and O–H groups in total. The monoisotopic (exact) mass is 166 g/mol. The number of nitriles is 1. The Morgan fingerprint density at radius 1 is 1.58 bits per heavy atom. The van der Waals surface area contributed by atoms with Gasteiger partial charge in [-0.1, -0.05) is 6.92 Å². The maximum Gasteiger partial charge on any atom is 0.0700 e. The number of nitrogens with zero attached hydrogens (tertiary/aromatic N) is 2. The van der Waals surface area contributed by atoms with Gasteiger partial charge in [0.25, 0.3) is 0 Å². The Balaban J connectivity index is 2.46. The lowest BCUT2D eigenvalue weighted by Crippen LogP contribution is -2.41. The predicted octanol–water partition coefficient (Wildman–Crippen LogP) is 2.02. The van der Waals surface area contributed by atoms with Crippen molar-refractivity contribution in [1.29, 1.82) is 5.26 Å². The van der Waals surface area contributed by atoms with Gasteiger partial charge in [-0.15, -0.1) is 0 Å². The molecule has 0 spiro atoms. The summed E-state index contributed by atoms with van der Waals surface area (Å²) in [6.45, 7) is 7.58. The Morgan fingerprint density at radius 3 is 2.92 bits per heavy atom. The second-order valence-corrected chi connectivity index (χ2v) is 4.05. The lowest BCUT2D eigenvalue weighted by atomic mass is 9.83. The zero-order chi connectivity index (χ0) is 9.03. The van der Waals surface area contributed by atoms with Crippen LogP contribution in [0.25, 0.3) is 0 Å². The smallest absolute Gasteiger partial charge is 0.0700 e. The quantitative estimate of drug-likeness (QED) is 0.627. The Hall–Kier alpha value is -0.550. The van der Waals surface area contributed by atoms with Crippen molar-refractivity contribution in [2.75, 3.05) is 19.6 Å². The average Bonchev–Trinajstić information content (AvgIpc) is 2.05. The van der Waals surface area contributed by atoms with Gasteiger partial charge in [-0.3, -0.25) is 0 Å². The number of rotatable bonds is 2. The van der Waals surface area contributed by atoms with Crippen LogP contribution in [0.5, 0.6) is 0 Å². The summed E-state index contributed by atoms with van der Waals surface area (Å²) in [7, 11) is 0. The van der Waals surface area contributed by atoms with Gasteiger partial charge in [-0.05, 0) is 39.3 Å². The van der Waals surface area contributed by atoms with Crippen LogP contribution in [-0.2, 0) is 0 Å². The van der Waals surface area contributed by atoms with Crippen LogP contribution in [0.15, 0.2) is 0 Å². The van der Waals surface area contributed by atoms with Crippen molar-refractivity contribution in [2.24, 2.45) is 5.41 Å². The van der Waals surface area contributed by atoms with E-state index in [4.69, 9.17) is 5.26 Å². The topological polar surface area (TPSA) is 27.0 Å². The first kappa shape index (κ1) is 9.54. The fourth-order valence-electron chi connectivity index (χ4n) is 1.94. The van der Waals surface area contributed by atoms with Crippen LogP contribution >= 0.6 is 0 Å². The van der Waals surface area contributed by atoms with Crippen LogP contribution in [0.3, 0.4) is 0 Å². The molecule has 0 aliphatic carbocycles. The van der Waals surface area contributed by atoms with Gasteiger partial charge in [0, 0.05) is 6.54 Å². The van der Waals surface area contributed by atoms with Crippen LogP contribution in [-0.4, -0.2) is 24.5 Å². The maximum absolute atomic E-state index is 8.96. The van der Waals surface area contributed by atoms with E-state index < -0.39 is 0 Å². The van der Waals surface area contributed by atoms with E-state index >= 15 is 0 Å². The Bertz CT molecular complexity index is 181. The molecule has 1 unspecified atom stereocenters. The van der Waals surface area contributed by atoms with E-state index in [-0.39, 0.29) is 5.41 Å². The molecule has 0 aromatic heterocycles. The molecule has 1 atom stereocenters. The van der Waals surface area contributed by atoms with Crippen molar-refractivity contribution in [3.05, 3.63) is 0 Å². The van der Waals surface area contributed by atoms with Crippen molar-refractivity contribution >= 4 is 0 Å². The van der Waals surface area contributed by atoms with E-state index in [2.05, 4.69) is 24.8 Å². The summed E-state index contributed by atoms with van der Waals surface area (Å²) >= 11 is 0. The molecule has 0 radical (unpaired) electrons. The third-order valence-corrected chi connectivity index (χ3v) is 2.59. The Kier molecular flexibility index (Phi) is 3.11. The van der Waals surface area contributed by atoms with Crippen LogP contribution in [0, 0.1) is 16.7 Å². The lowest BCUT2D eigenvalue weighted by molar-refractivity contribution is 0.144. The van der Waals surface area contributed by atoms with Crippen LogP contribution < -0.4 is 0 Å². The summed E-state index contributed by atoms with van der Waals surface area (Å²) in [6.07, 6.45) is 3.45. The summed E-state index contributed by atoms with van der Waals surface area (Å²) < 4.78 is 0. The van der Waals surface area contributed by atoms with Crippen LogP contribution in [0.4, 0.5) is 0 Å². The number of piperidine rings is 1. The molecule has 1 aliphatic heterocycles. The molecule has 2 heteroatoms. The Labute approximate surface area is 75.2 Å². The van der Waals surface area contributed by atoms with E-state index in [1.807, 2.05) is 0 Å². The highest BCUT2D eigenvalue weighted by Gasteiger charge is 2.30. The molecule has 0 amide bonds. The Morgan fingerprint density at radius 2 is 2.33 bits per heavy atom. The SMILES string of the molecule is CCCN1CCCC(C)(C#N)C1. The van der Waals surface area contributed by atoms with Gasteiger partial charge in [0.1, 0.15) is 0 Å². The fourth-order valence-corrected chi connectivity index (χ4v) is 1.94. The molecule has 1 aliphatic rings. The molecule has 1 saturated heterocycles. The third-order valence-electron chi connectivity index (χ3n) is 2.59. The van der Waals surface area contributed by atoms with Crippen molar-refractivity contribution in [3.8, 4) is 6.07 Å². The van der Waals surface area contributed by atoms with E-state index in [0.717, 1.165) is 19.5 Å². The lowest BCUT2D eigenvalue weighted by Gasteiger charge is -2.35. The highest BCUT2D eigenvalue weighted by atomic mass is 15.1. The molecule has 1 fully saturated rings. The minimum Gasteiger partial charge on any atom is -0.302 e. The largest absolute Gasteiger partial charge is 0.302 e. The van der Waals surface area contributed by atoms with Gasteiger partial charge in [0.15, 0.2) is 0 Å². The zero-order valence-corrected chi connectivity index (χ0v) is 8.14. The van der Waals surface area contributed by atoms with Gasteiger partial charge >= 0.3 is 0 Å². The molecular formula is C10H18N2. The molecule has 12 heavy (non-hydrogen) atoms. The van der Waals surface area contributed by atoms with Gasteiger partial charge in [0.05, 0.1) is 11.5 Å². The number of likely N-dealkylation sites (tertiary alicyclic amines) is 1. The zero-order valence-electron chi connectivity index (χ0n) is 8.14. The molecular weight excluding hydrogens is 148 g/mol. The molecule has 1 rings (SSSR count). The van der Waals surface area contributed by atoms with E-state index in [1.165, 1.54) is 19.4 Å². The maximum atomic E-state index is 8.96. The second-order valence-electron chi connectivity index (χ2n) is 4.05. The first-order valence-electron chi connectivity index (χ1n) is 4.84. The van der Waals surface area contributed by atoms with Crippen molar-refractivity contribution in [2.45, 2.75) is 33.1 Å². The molecule has 0 aromatic carbocycles. The van der Waals surface area contributed by atoms with Gasteiger partial charge in [0.2, 0.25) is 0 Å². The first-order valence-corrected chi connectivity index (χ1v) is 4.84. The van der Waals surface area contributed by atoms with Crippen molar-refractivity contribution in [3.63, 3.8) is 0 Å². The molecule has 1 heterocycles. The molecule has 68 valence electrons. The molecule has 2 nitrogen and oxygen atoms in total. The molecule has 0 saturated carbocycles. The highest BCUT2D eigenvalue weighted by molar-refractivity contribution is 4.99. The summed E-state index contributed by atoms with van der Waals surface area (Å²) in [5, 5.41) is 8.96. The summed E-state index contributed by atoms with van der Waals surface area (Å²) in [5.74, 6) is 0. The standard InChI is InChI=1S/C10H18N2/c1-3-6-12-7-4-5-10(2,8-11)9-12/h3-7,9H2,1-2H3. The molecule has 0 aromatic rings. The third kappa shape index (κ3) is 2.22. The second kappa shape index (κ2) is 3.91. The predicted molar refractivity (Wildman–Crippen MR) is 49.7 cm³/mol. The number of hydrogen-bond donors (Lipinski definition) is 0. The fraction of sp³-hybridized carbons (Fsp3) is 0.900. The van der Waals surface area contributed by atoms with Crippen LogP contribution in [0.1, 0.15) is 33.1 Å². The highest BCUT2D eigenvalue weighted by Crippen LogP contribution is 2.28. The number of hydrogen-bond acceptors (Lipinski definition) is 2. The van der Waals surface area contributed by atoms with Gasteiger partial charge in [-0.25, -0.2) is 0 Å². The van der Waals surface area contributed by atoms with E-state index in [1.54, 1.807) is 0 Å². The van der Waals surface area contributed by atoms with E-state index in [0.29, 0.717) is 0 Å². The summed E-state index contributed by atoms with van der Waals surface area (Å²) in [5.41, 5.74) is -0.0760. The van der Waals surface area contributed by atoms with Gasteiger partial charge < -0.3 is 4.90 Å². The minimum absolute atomic E-state index is 0.0760. The minimum atomic E-state index is -0.0760. The molecule has 0 bridgehead atoms.